The van der Waals surface area contributed by atoms with E-state index in [1.54, 1.807) is 0 Å². The van der Waals surface area contributed by atoms with E-state index in [4.69, 9.17) is 0 Å². The van der Waals surface area contributed by atoms with E-state index in [1.165, 1.54) is 11.1 Å². The molecule has 56 heavy (non-hydrogen) atoms. The molecule has 2 nitrogen and oxygen atoms in total. The molecule has 282 valence electrons. The molecule has 0 atom stereocenters. The summed E-state index contributed by atoms with van der Waals surface area (Å²) in [7, 11) is 0. The van der Waals surface area contributed by atoms with Crippen LogP contribution in [0, 0.1) is 0 Å². The van der Waals surface area contributed by atoms with Gasteiger partial charge in [-0.3, -0.25) is 0 Å². The van der Waals surface area contributed by atoms with Gasteiger partial charge in [-0.05, 0) is 119 Å². The standard InChI is InChI=1S/C54H54O2/c1-53(2,3)47-35-48(41-31-43(27-37-19-11-7-12-20-37)51(55)44(32-41)28-38-21-13-8-14-22-38)50(49(36-47)54(4,5)6)42-33-45(29-39-23-15-9-16-24-39)52(56)46(34-42)30-40-25-17-10-18-26-40/h7-26,31-36,55-56H,27-30H2,1-6H3. The molecular formula is C54H54O2. The van der Waals surface area contributed by atoms with Crippen molar-refractivity contribution < 1.29 is 10.2 Å². The minimum atomic E-state index is -0.209. The van der Waals surface area contributed by atoms with Gasteiger partial charge < -0.3 is 10.2 Å². The van der Waals surface area contributed by atoms with Crippen LogP contribution in [0.5, 0.6) is 11.5 Å². The van der Waals surface area contributed by atoms with E-state index in [0.717, 1.165) is 66.8 Å². The Labute approximate surface area is 334 Å². The first-order chi connectivity index (χ1) is 26.8. The van der Waals surface area contributed by atoms with E-state index in [-0.39, 0.29) is 10.8 Å². The second-order valence-electron chi connectivity index (χ2n) is 17.4. The second kappa shape index (κ2) is 16.1. The SMILES string of the molecule is CC(C)(C)c1cc(-c2cc(Cc3ccccc3)c(O)c(Cc3ccccc3)c2)c(-c2cc(Cc3ccccc3)c(O)c(Cc3ccccc3)c2)c(C(C)(C)C)c1. The molecule has 2 heteroatoms. The third kappa shape index (κ3) is 8.82. The molecule has 2 N–H and O–H groups in total. The van der Waals surface area contributed by atoms with Gasteiger partial charge in [-0.15, -0.1) is 0 Å². The van der Waals surface area contributed by atoms with Gasteiger partial charge in [0.05, 0.1) is 0 Å². The van der Waals surface area contributed by atoms with Gasteiger partial charge in [0.25, 0.3) is 0 Å². The van der Waals surface area contributed by atoms with Gasteiger partial charge in [-0.2, -0.15) is 0 Å². The van der Waals surface area contributed by atoms with Crippen LogP contribution in [0.1, 0.15) is 97.2 Å². The van der Waals surface area contributed by atoms with Crippen molar-refractivity contribution in [2.24, 2.45) is 0 Å². The zero-order valence-electron chi connectivity index (χ0n) is 33.7. The predicted octanol–water partition coefficient (Wildman–Crippen LogP) is 13.4. The van der Waals surface area contributed by atoms with Crippen molar-refractivity contribution in [2.45, 2.75) is 78.1 Å². The van der Waals surface area contributed by atoms with E-state index in [9.17, 15) is 10.2 Å². The van der Waals surface area contributed by atoms with Crippen molar-refractivity contribution in [1.29, 1.82) is 0 Å². The van der Waals surface area contributed by atoms with Crippen molar-refractivity contribution in [3.63, 3.8) is 0 Å². The van der Waals surface area contributed by atoms with Crippen molar-refractivity contribution in [3.8, 4) is 33.8 Å². The summed E-state index contributed by atoms with van der Waals surface area (Å²) in [5.74, 6) is 0.706. The Hall–Kier alpha value is -5.86. The average molecular weight is 735 g/mol. The first kappa shape index (κ1) is 38.4. The Balaban J connectivity index is 1.53. The molecule has 7 aromatic rings. The zero-order chi connectivity index (χ0) is 39.5. The summed E-state index contributed by atoms with van der Waals surface area (Å²) in [6.07, 6.45) is 2.46. The summed E-state index contributed by atoms with van der Waals surface area (Å²) in [5, 5.41) is 24.0. The molecule has 0 saturated carbocycles. The van der Waals surface area contributed by atoms with Crippen molar-refractivity contribution in [1.82, 2.24) is 0 Å². The van der Waals surface area contributed by atoms with Crippen LogP contribution in [0.2, 0.25) is 0 Å². The van der Waals surface area contributed by atoms with Crippen molar-refractivity contribution in [3.05, 3.63) is 213 Å². The van der Waals surface area contributed by atoms with E-state index in [2.05, 4.69) is 175 Å². The highest BCUT2D eigenvalue weighted by molar-refractivity contribution is 5.89. The van der Waals surface area contributed by atoms with Crippen molar-refractivity contribution >= 4 is 0 Å². The van der Waals surface area contributed by atoms with Crippen LogP contribution in [0.25, 0.3) is 22.3 Å². The molecular weight excluding hydrogens is 681 g/mol. The number of phenolic OH excluding ortho intramolecular Hbond substituents is 2. The molecule has 0 bridgehead atoms. The monoisotopic (exact) mass is 734 g/mol. The molecule has 0 radical (unpaired) electrons. The van der Waals surface area contributed by atoms with E-state index < -0.39 is 0 Å². The Kier molecular flexibility index (Phi) is 11.0. The fourth-order valence-corrected chi connectivity index (χ4v) is 7.83. The average Bonchev–Trinajstić information content (AvgIpc) is 3.18. The summed E-state index contributed by atoms with van der Waals surface area (Å²) >= 11 is 0. The number of phenols is 2. The maximum Gasteiger partial charge on any atom is 0.122 e. The van der Waals surface area contributed by atoms with Gasteiger partial charge in [0.1, 0.15) is 11.5 Å². The minimum absolute atomic E-state index is 0.115. The Morgan fingerprint density at radius 1 is 0.375 bits per heavy atom. The van der Waals surface area contributed by atoms with Crippen LogP contribution in [0.4, 0.5) is 0 Å². The van der Waals surface area contributed by atoms with Gasteiger partial charge in [0.15, 0.2) is 0 Å². The minimum Gasteiger partial charge on any atom is -0.507 e. The fourth-order valence-electron chi connectivity index (χ4n) is 7.83. The number of hydrogen-bond acceptors (Lipinski definition) is 2. The molecule has 7 aromatic carbocycles. The van der Waals surface area contributed by atoms with E-state index in [1.807, 2.05) is 24.3 Å². The molecule has 0 aromatic heterocycles. The van der Waals surface area contributed by atoms with Gasteiger partial charge in [0, 0.05) is 25.7 Å². The normalized spacial score (nSPS) is 11.8. The molecule has 0 amide bonds. The summed E-state index contributed by atoms with van der Waals surface area (Å²) in [5.41, 5.74) is 14.9. The maximum absolute atomic E-state index is 12.0. The lowest BCUT2D eigenvalue weighted by Crippen LogP contribution is -2.18. The van der Waals surface area contributed by atoms with Gasteiger partial charge in [-0.1, -0.05) is 169 Å². The first-order valence-corrected chi connectivity index (χ1v) is 19.9. The molecule has 0 aliphatic rings. The van der Waals surface area contributed by atoms with Crippen LogP contribution >= 0.6 is 0 Å². The number of rotatable bonds is 10. The summed E-state index contributed by atoms with van der Waals surface area (Å²) < 4.78 is 0. The number of benzene rings is 7. The molecule has 0 aliphatic carbocycles. The molecule has 0 spiro atoms. The Morgan fingerprint density at radius 3 is 1.00 bits per heavy atom. The lowest BCUT2D eigenvalue weighted by molar-refractivity contribution is 0.463. The number of hydrogen-bond donors (Lipinski definition) is 2. The zero-order valence-corrected chi connectivity index (χ0v) is 33.7. The molecule has 7 rings (SSSR count). The van der Waals surface area contributed by atoms with Gasteiger partial charge >= 0.3 is 0 Å². The van der Waals surface area contributed by atoms with Crippen LogP contribution in [-0.2, 0) is 36.5 Å². The predicted molar refractivity (Wildman–Crippen MR) is 235 cm³/mol. The lowest BCUT2D eigenvalue weighted by Gasteiger charge is -2.31. The molecule has 0 heterocycles. The fraction of sp³-hybridized carbons (Fsp3) is 0.222. The van der Waals surface area contributed by atoms with Crippen LogP contribution in [0.15, 0.2) is 158 Å². The lowest BCUT2D eigenvalue weighted by atomic mass is 9.73. The number of aromatic hydroxyl groups is 2. The summed E-state index contributed by atoms with van der Waals surface area (Å²) in [6.45, 7) is 13.8. The quantitative estimate of drug-likeness (QED) is 0.147. The van der Waals surface area contributed by atoms with E-state index >= 15 is 0 Å². The van der Waals surface area contributed by atoms with E-state index in [0.29, 0.717) is 37.2 Å². The van der Waals surface area contributed by atoms with Gasteiger partial charge in [0.2, 0.25) is 0 Å². The molecule has 0 aliphatic heterocycles. The Morgan fingerprint density at radius 2 is 0.696 bits per heavy atom. The van der Waals surface area contributed by atoms with Gasteiger partial charge in [-0.25, -0.2) is 0 Å². The van der Waals surface area contributed by atoms with Crippen LogP contribution in [0.3, 0.4) is 0 Å². The molecule has 0 unspecified atom stereocenters. The molecule has 0 saturated heterocycles. The summed E-state index contributed by atoms with van der Waals surface area (Å²) in [4.78, 5) is 0. The first-order valence-electron chi connectivity index (χ1n) is 19.9. The smallest absolute Gasteiger partial charge is 0.122 e. The molecule has 0 fully saturated rings. The highest BCUT2D eigenvalue weighted by atomic mass is 16.3. The van der Waals surface area contributed by atoms with Crippen molar-refractivity contribution in [2.75, 3.05) is 0 Å². The highest BCUT2D eigenvalue weighted by Gasteiger charge is 2.28. The second-order valence-corrected chi connectivity index (χ2v) is 17.4. The highest BCUT2D eigenvalue weighted by Crippen LogP contribution is 2.46. The third-order valence-corrected chi connectivity index (χ3v) is 10.9. The summed E-state index contributed by atoms with van der Waals surface area (Å²) in [6, 6.07) is 55.4. The van der Waals surface area contributed by atoms with Crippen LogP contribution in [-0.4, -0.2) is 10.2 Å². The third-order valence-electron chi connectivity index (χ3n) is 10.9. The Bertz CT molecular complexity index is 2290. The van der Waals surface area contributed by atoms with Crippen LogP contribution < -0.4 is 0 Å². The topological polar surface area (TPSA) is 40.5 Å². The largest absolute Gasteiger partial charge is 0.507 e. The maximum atomic E-state index is 12.0.